The molecular formula is C19H28ClN3O3. The van der Waals surface area contributed by atoms with Crippen molar-refractivity contribution in [1.82, 2.24) is 10.2 Å². The molecule has 0 spiro atoms. The number of anilines is 1. The van der Waals surface area contributed by atoms with E-state index in [2.05, 4.69) is 10.6 Å². The van der Waals surface area contributed by atoms with Gasteiger partial charge >= 0.3 is 0 Å². The number of rotatable bonds is 6. The van der Waals surface area contributed by atoms with E-state index in [0.29, 0.717) is 30.9 Å². The molecule has 0 aromatic heterocycles. The van der Waals surface area contributed by atoms with E-state index in [0.717, 1.165) is 12.5 Å². The third-order valence-corrected chi connectivity index (χ3v) is 4.54. The number of hydrogen-bond donors (Lipinski definition) is 2. The number of ether oxygens (including phenoxy) is 1. The van der Waals surface area contributed by atoms with Gasteiger partial charge in [0.2, 0.25) is 5.91 Å². The molecule has 2 N–H and O–H groups in total. The average Bonchev–Trinajstić information content (AvgIpc) is 3.38. The number of morpholine rings is 1. The molecule has 0 bridgehead atoms. The molecule has 2 unspecified atom stereocenters. The quantitative estimate of drug-likeness (QED) is 0.793. The van der Waals surface area contributed by atoms with E-state index >= 15 is 0 Å². The molecule has 26 heavy (non-hydrogen) atoms. The summed E-state index contributed by atoms with van der Waals surface area (Å²) in [5.41, 5.74) is 1.34. The molecule has 2 atom stereocenters. The summed E-state index contributed by atoms with van der Waals surface area (Å²) in [6.07, 6.45) is 2.64. The first-order chi connectivity index (χ1) is 12.0. The monoisotopic (exact) mass is 381 g/mol. The number of carbonyl (C=O) groups is 2. The lowest BCUT2D eigenvalue weighted by Crippen LogP contribution is -2.48. The number of nitrogens with zero attached hydrogens (tertiary/aromatic N) is 1. The van der Waals surface area contributed by atoms with E-state index in [4.69, 9.17) is 4.74 Å². The topological polar surface area (TPSA) is 70.7 Å². The van der Waals surface area contributed by atoms with Crippen LogP contribution >= 0.6 is 12.4 Å². The fourth-order valence-electron chi connectivity index (χ4n) is 3.14. The van der Waals surface area contributed by atoms with Crippen LogP contribution < -0.4 is 10.6 Å². The minimum Gasteiger partial charge on any atom is -0.372 e. The van der Waals surface area contributed by atoms with Gasteiger partial charge in [-0.15, -0.1) is 12.4 Å². The molecule has 1 saturated carbocycles. The number of nitrogens with one attached hydrogen (secondary N) is 2. The van der Waals surface area contributed by atoms with Crippen LogP contribution in [0.25, 0.3) is 0 Å². The van der Waals surface area contributed by atoms with Crippen molar-refractivity contribution in [2.24, 2.45) is 5.92 Å². The highest BCUT2D eigenvalue weighted by molar-refractivity contribution is 5.96. The van der Waals surface area contributed by atoms with E-state index in [-0.39, 0.29) is 36.4 Å². The Labute approximate surface area is 161 Å². The second-order valence-corrected chi connectivity index (χ2v) is 7.17. The maximum atomic E-state index is 12.6. The third-order valence-electron chi connectivity index (χ3n) is 4.54. The fourth-order valence-corrected chi connectivity index (χ4v) is 3.14. The van der Waals surface area contributed by atoms with Gasteiger partial charge in [0, 0.05) is 24.3 Å². The summed E-state index contributed by atoms with van der Waals surface area (Å²) in [5, 5.41) is 6.01. The SMILES string of the molecule is CC1CN(C(=O)c2ccc(NC(=O)CNCC3CC3)cc2)CC(C)O1.Cl. The molecule has 2 amide bonds. The molecular weight excluding hydrogens is 354 g/mol. The van der Waals surface area contributed by atoms with Crippen molar-refractivity contribution in [3.8, 4) is 0 Å². The Hall–Kier alpha value is -1.63. The molecule has 1 aliphatic heterocycles. The zero-order valence-corrected chi connectivity index (χ0v) is 16.2. The van der Waals surface area contributed by atoms with Crippen molar-refractivity contribution >= 4 is 29.9 Å². The van der Waals surface area contributed by atoms with E-state index in [1.54, 1.807) is 24.3 Å². The Morgan fingerprint density at radius 1 is 1.12 bits per heavy atom. The highest BCUT2D eigenvalue weighted by Crippen LogP contribution is 2.27. The zero-order chi connectivity index (χ0) is 17.8. The second kappa shape index (κ2) is 9.35. The van der Waals surface area contributed by atoms with E-state index in [1.807, 2.05) is 18.7 Å². The van der Waals surface area contributed by atoms with Crippen molar-refractivity contribution in [3.63, 3.8) is 0 Å². The number of amides is 2. The first-order valence-corrected chi connectivity index (χ1v) is 9.06. The molecule has 6 nitrogen and oxygen atoms in total. The van der Waals surface area contributed by atoms with Crippen LogP contribution in [0.2, 0.25) is 0 Å². The van der Waals surface area contributed by atoms with E-state index in [1.165, 1.54) is 12.8 Å². The Morgan fingerprint density at radius 3 is 2.31 bits per heavy atom. The van der Waals surface area contributed by atoms with Gasteiger partial charge in [0.25, 0.3) is 5.91 Å². The van der Waals surface area contributed by atoms with Gasteiger partial charge in [-0.25, -0.2) is 0 Å². The number of halogens is 1. The molecule has 0 radical (unpaired) electrons. The van der Waals surface area contributed by atoms with Gasteiger partial charge in [-0.2, -0.15) is 0 Å². The predicted octanol–water partition coefficient (Wildman–Crippen LogP) is 2.30. The minimum atomic E-state index is -0.0597. The summed E-state index contributed by atoms with van der Waals surface area (Å²) in [5.74, 6) is 0.699. The van der Waals surface area contributed by atoms with Gasteiger partial charge in [-0.1, -0.05) is 0 Å². The molecule has 1 aromatic carbocycles. The van der Waals surface area contributed by atoms with Crippen LogP contribution in [0.5, 0.6) is 0 Å². The molecule has 1 aliphatic carbocycles. The van der Waals surface area contributed by atoms with Gasteiger partial charge in [-0.3, -0.25) is 9.59 Å². The van der Waals surface area contributed by atoms with Gasteiger partial charge in [0.1, 0.15) is 0 Å². The number of hydrogen-bond acceptors (Lipinski definition) is 4. The van der Waals surface area contributed by atoms with Crippen molar-refractivity contribution < 1.29 is 14.3 Å². The first kappa shape index (κ1) is 20.7. The van der Waals surface area contributed by atoms with Gasteiger partial charge < -0.3 is 20.3 Å². The Kier molecular flexibility index (Phi) is 7.43. The Morgan fingerprint density at radius 2 is 1.73 bits per heavy atom. The zero-order valence-electron chi connectivity index (χ0n) is 15.4. The van der Waals surface area contributed by atoms with Gasteiger partial charge in [-0.05, 0) is 63.4 Å². The van der Waals surface area contributed by atoms with Crippen LogP contribution in [0.1, 0.15) is 37.0 Å². The lowest BCUT2D eigenvalue weighted by atomic mass is 10.1. The maximum Gasteiger partial charge on any atom is 0.254 e. The predicted molar refractivity (Wildman–Crippen MR) is 104 cm³/mol. The fraction of sp³-hybridized carbons (Fsp3) is 0.579. The third kappa shape index (κ3) is 5.97. The molecule has 2 aliphatic rings. The van der Waals surface area contributed by atoms with Crippen molar-refractivity contribution in [1.29, 1.82) is 0 Å². The maximum absolute atomic E-state index is 12.6. The smallest absolute Gasteiger partial charge is 0.254 e. The van der Waals surface area contributed by atoms with Crippen LogP contribution in [-0.4, -0.2) is 55.1 Å². The molecule has 1 aromatic rings. The molecule has 144 valence electrons. The summed E-state index contributed by atoms with van der Waals surface area (Å²) in [6.45, 7) is 6.40. The standard InChI is InChI=1S/C19H27N3O3.ClH/c1-13-11-22(12-14(2)25-13)19(24)16-5-7-17(8-6-16)21-18(23)10-20-9-15-3-4-15;/h5-8,13-15,20H,3-4,9-12H2,1-2H3,(H,21,23);1H. The van der Waals surface area contributed by atoms with Crippen molar-refractivity contribution in [2.45, 2.75) is 38.9 Å². The van der Waals surface area contributed by atoms with Crippen LogP contribution in [0.3, 0.4) is 0 Å². The summed E-state index contributed by atoms with van der Waals surface area (Å²) >= 11 is 0. The molecule has 1 heterocycles. The average molecular weight is 382 g/mol. The van der Waals surface area contributed by atoms with Crippen molar-refractivity contribution in [2.75, 3.05) is 31.5 Å². The number of benzene rings is 1. The normalized spacial score (nSPS) is 22.5. The molecule has 3 rings (SSSR count). The van der Waals surface area contributed by atoms with Crippen LogP contribution in [-0.2, 0) is 9.53 Å². The Bertz CT molecular complexity index is 609. The highest BCUT2D eigenvalue weighted by Gasteiger charge is 2.26. The first-order valence-electron chi connectivity index (χ1n) is 9.06. The van der Waals surface area contributed by atoms with Crippen molar-refractivity contribution in [3.05, 3.63) is 29.8 Å². The van der Waals surface area contributed by atoms with E-state index < -0.39 is 0 Å². The van der Waals surface area contributed by atoms with Crippen LogP contribution in [0, 0.1) is 5.92 Å². The summed E-state index contributed by atoms with van der Waals surface area (Å²) < 4.78 is 5.67. The van der Waals surface area contributed by atoms with E-state index in [9.17, 15) is 9.59 Å². The summed E-state index contributed by atoms with van der Waals surface area (Å²) in [6, 6.07) is 7.08. The highest BCUT2D eigenvalue weighted by atomic mass is 35.5. The summed E-state index contributed by atoms with van der Waals surface area (Å²) in [7, 11) is 0. The summed E-state index contributed by atoms with van der Waals surface area (Å²) in [4.78, 5) is 26.3. The van der Waals surface area contributed by atoms with Gasteiger partial charge in [0.05, 0.1) is 18.8 Å². The van der Waals surface area contributed by atoms with Crippen LogP contribution in [0.4, 0.5) is 5.69 Å². The molecule has 2 fully saturated rings. The molecule has 7 heteroatoms. The number of carbonyl (C=O) groups excluding carboxylic acids is 2. The van der Waals surface area contributed by atoms with Crippen LogP contribution in [0.15, 0.2) is 24.3 Å². The Balaban J connectivity index is 0.00000243. The largest absolute Gasteiger partial charge is 0.372 e. The lowest BCUT2D eigenvalue weighted by Gasteiger charge is -2.35. The second-order valence-electron chi connectivity index (χ2n) is 7.17. The molecule has 1 saturated heterocycles. The lowest BCUT2D eigenvalue weighted by molar-refractivity contribution is -0.115. The van der Waals surface area contributed by atoms with Gasteiger partial charge in [0.15, 0.2) is 0 Å². The minimum absolute atomic E-state index is 0.